The van der Waals surface area contributed by atoms with Crippen molar-refractivity contribution in [2.45, 2.75) is 25.3 Å². The monoisotopic (exact) mass is 284 g/mol. The van der Waals surface area contributed by atoms with Crippen molar-refractivity contribution in [3.8, 4) is 0 Å². The molecule has 0 bridgehead atoms. The molecule has 16 heavy (non-hydrogen) atoms. The van der Waals surface area contributed by atoms with E-state index in [2.05, 4.69) is 21.2 Å². The molecule has 1 heterocycles. The van der Waals surface area contributed by atoms with Crippen LogP contribution in [0.5, 0.6) is 0 Å². The van der Waals surface area contributed by atoms with Crippen molar-refractivity contribution in [3.63, 3.8) is 0 Å². The van der Waals surface area contributed by atoms with E-state index in [1.54, 1.807) is 12.1 Å². The number of nitrogens with zero attached hydrogens (tertiary/aromatic N) is 1. The molecule has 0 spiro atoms. The molecule has 1 aromatic rings. The summed E-state index contributed by atoms with van der Waals surface area (Å²) in [5.74, 6) is 0. The van der Waals surface area contributed by atoms with Crippen molar-refractivity contribution in [1.29, 1.82) is 0 Å². The third-order valence-electron chi connectivity index (χ3n) is 2.88. The number of non-ortho nitro benzene ring substituents is 1. The van der Waals surface area contributed by atoms with Crippen molar-refractivity contribution in [2.24, 2.45) is 0 Å². The van der Waals surface area contributed by atoms with Gasteiger partial charge in [0.15, 0.2) is 0 Å². The molecule has 1 N–H and O–H groups in total. The number of nitro groups is 1. The first-order chi connectivity index (χ1) is 7.68. The molecular weight excluding hydrogens is 272 g/mol. The van der Waals surface area contributed by atoms with Crippen LogP contribution in [0.3, 0.4) is 0 Å². The molecule has 1 saturated heterocycles. The normalized spacial score (nSPS) is 20.7. The van der Waals surface area contributed by atoms with Crippen molar-refractivity contribution >= 4 is 21.6 Å². The fourth-order valence-electron chi connectivity index (χ4n) is 2.03. The molecule has 1 fully saturated rings. The molecular formula is C11H13BrN2O2. The Bertz CT molecular complexity index is 403. The predicted octanol–water partition coefficient (Wildman–Crippen LogP) is 3.17. The second-order valence-corrected chi connectivity index (χ2v) is 4.82. The summed E-state index contributed by atoms with van der Waals surface area (Å²) in [6, 6.07) is 5.30. The average Bonchev–Trinajstić information content (AvgIpc) is 2.30. The van der Waals surface area contributed by atoms with E-state index in [-0.39, 0.29) is 10.6 Å². The zero-order valence-corrected chi connectivity index (χ0v) is 10.4. The Morgan fingerprint density at radius 3 is 2.81 bits per heavy atom. The fraction of sp³-hybridized carbons (Fsp3) is 0.455. The zero-order chi connectivity index (χ0) is 11.5. The number of hydrogen-bond acceptors (Lipinski definition) is 3. The van der Waals surface area contributed by atoms with Gasteiger partial charge < -0.3 is 5.32 Å². The summed E-state index contributed by atoms with van der Waals surface area (Å²) in [5.41, 5.74) is 1.25. The van der Waals surface area contributed by atoms with Gasteiger partial charge in [-0.1, -0.05) is 22.4 Å². The average molecular weight is 285 g/mol. The van der Waals surface area contributed by atoms with Gasteiger partial charge in [0.25, 0.3) is 5.69 Å². The highest BCUT2D eigenvalue weighted by atomic mass is 79.9. The highest BCUT2D eigenvalue weighted by molar-refractivity contribution is 9.10. The van der Waals surface area contributed by atoms with Crippen LogP contribution < -0.4 is 5.32 Å². The van der Waals surface area contributed by atoms with E-state index in [1.807, 2.05) is 6.07 Å². The van der Waals surface area contributed by atoms with E-state index in [0.29, 0.717) is 6.04 Å². The number of benzene rings is 1. The van der Waals surface area contributed by atoms with Gasteiger partial charge in [-0.25, -0.2) is 0 Å². The summed E-state index contributed by atoms with van der Waals surface area (Å²) >= 11 is 3.41. The van der Waals surface area contributed by atoms with Gasteiger partial charge in [-0.15, -0.1) is 0 Å². The van der Waals surface area contributed by atoms with Gasteiger partial charge in [0.05, 0.1) is 4.92 Å². The summed E-state index contributed by atoms with van der Waals surface area (Å²) in [7, 11) is 0. The van der Waals surface area contributed by atoms with Gasteiger partial charge in [-0.05, 0) is 31.0 Å². The lowest BCUT2D eigenvalue weighted by Gasteiger charge is -2.24. The Labute approximate surface area is 102 Å². The van der Waals surface area contributed by atoms with Crippen molar-refractivity contribution in [3.05, 3.63) is 38.3 Å². The van der Waals surface area contributed by atoms with Crippen LogP contribution in [0.1, 0.15) is 30.9 Å². The minimum atomic E-state index is -0.372. The SMILES string of the molecule is O=[N+]([O-])c1ccc(C2CCCCN2)c(Br)c1. The number of rotatable bonds is 2. The summed E-state index contributed by atoms with van der Waals surface area (Å²) < 4.78 is 0.820. The minimum absolute atomic E-state index is 0.131. The molecule has 0 aliphatic carbocycles. The second kappa shape index (κ2) is 4.93. The number of halogens is 1. The lowest BCUT2D eigenvalue weighted by atomic mass is 9.97. The Balaban J connectivity index is 2.24. The quantitative estimate of drug-likeness (QED) is 0.670. The predicted molar refractivity (Wildman–Crippen MR) is 65.4 cm³/mol. The molecule has 5 heteroatoms. The zero-order valence-electron chi connectivity index (χ0n) is 8.78. The smallest absolute Gasteiger partial charge is 0.270 e. The number of nitrogens with one attached hydrogen (secondary N) is 1. The van der Waals surface area contributed by atoms with Crippen LogP contribution >= 0.6 is 15.9 Å². The molecule has 0 aromatic heterocycles. The van der Waals surface area contributed by atoms with Crippen molar-refractivity contribution in [1.82, 2.24) is 5.32 Å². The second-order valence-electron chi connectivity index (χ2n) is 3.97. The number of nitro benzene ring substituents is 1. The molecule has 2 rings (SSSR count). The molecule has 4 nitrogen and oxygen atoms in total. The first-order valence-corrected chi connectivity index (χ1v) is 6.15. The molecule has 0 saturated carbocycles. The third kappa shape index (κ3) is 2.41. The molecule has 1 aliphatic rings. The number of piperidine rings is 1. The number of hydrogen-bond donors (Lipinski definition) is 1. The molecule has 1 aliphatic heterocycles. The van der Waals surface area contributed by atoms with E-state index < -0.39 is 0 Å². The Hall–Kier alpha value is -0.940. The molecule has 0 radical (unpaired) electrons. The Kier molecular flexibility index (Phi) is 3.56. The maximum Gasteiger partial charge on any atom is 0.270 e. The van der Waals surface area contributed by atoms with Gasteiger partial charge in [0, 0.05) is 22.6 Å². The van der Waals surface area contributed by atoms with Gasteiger partial charge in [-0.3, -0.25) is 10.1 Å². The Morgan fingerprint density at radius 2 is 2.25 bits per heavy atom. The standard InChI is InChI=1S/C11H13BrN2O2/c12-10-7-8(14(15)16)4-5-9(10)11-3-1-2-6-13-11/h4-5,7,11,13H,1-3,6H2. The summed E-state index contributed by atoms with van der Waals surface area (Å²) in [4.78, 5) is 10.2. The van der Waals surface area contributed by atoms with Crippen LogP contribution in [0, 0.1) is 10.1 Å². The van der Waals surface area contributed by atoms with E-state index in [1.165, 1.54) is 12.8 Å². The van der Waals surface area contributed by atoms with Crippen LogP contribution in [0.25, 0.3) is 0 Å². The highest BCUT2D eigenvalue weighted by Crippen LogP contribution is 2.31. The fourth-order valence-corrected chi connectivity index (χ4v) is 2.67. The topological polar surface area (TPSA) is 55.2 Å². The molecule has 1 atom stereocenters. The van der Waals surface area contributed by atoms with Crippen LogP contribution in [-0.2, 0) is 0 Å². The summed E-state index contributed by atoms with van der Waals surface area (Å²) in [6.07, 6.45) is 3.51. The minimum Gasteiger partial charge on any atom is -0.310 e. The van der Waals surface area contributed by atoms with E-state index >= 15 is 0 Å². The molecule has 1 unspecified atom stereocenters. The largest absolute Gasteiger partial charge is 0.310 e. The van der Waals surface area contributed by atoms with Gasteiger partial charge in [0.1, 0.15) is 0 Å². The molecule has 0 amide bonds. The lowest BCUT2D eigenvalue weighted by Crippen LogP contribution is -2.26. The van der Waals surface area contributed by atoms with Crippen LogP contribution in [0.15, 0.2) is 22.7 Å². The lowest BCUT2D eigenvalue weighted by molar-refractivity contribution is -0.384. The summed E-state index contributed by atoms with van der Waals surface area (Å²) in [6.45, 7) is 1.02. The van der Waals surface area contributed by atoms with E-state index in [9.17, 15) is 10.1 Å². The van der Waals surface area contributed by atoms with E-state index in [4.69, 9.17) is 0 Å². The van der Waals surface area contributed by atoms with Crippen molar-refractivity contribution < 1.29 is 4.92 Å². The van der Waals surface area contributed by atoms with Crippen LogP contribution in [0.2, 0.25) is 0 Å². The van der Waals surface area contributed by atoms with Gasteiger partial charge in [-0.2, -0.15) is 0 Å². The third-order valence-corrected chi connectivity index (χ3v) is 3.57. The van der Waals surface area contributed by atoms with E-state index in [0.717, 1.165) is 23.0 Å². The Morgan fingerprint density at radius 1 is 1.44 bits per heavy atom. The first kappa shape index (κ1) is 11.5. The summed E-state index contributed by atoms with van der Waals surface area (Å²) in [5, 5.41) is 14.0. The highest BCUT2D eigenvalue weighted by Gasteiger charge is 2.18. The van der Waals surface area contributed by atoms with Crippen LogP contribution in [0.4, 0.5) is 5.69 Å². The molecule has 1 aromatic carbocycles. The van der Waals surface area contributed by atoms with Gasteiger partial charge >= 0.3 is 0 Å². The van der Waals surface area contributed by atoms with Crippen molar-refractivity contribution in [2.75, 3.05) is 6.54 Å². The maximum atomic E-state index is 10.6. The maximum absolute atomic E-state index is 10.6. The van der Waals surface area contributed by atoms with Crippen LogP contribution in [-0.4, -0.2) is 11.5 Å². The van der Waals surface area contributed by atoms with Gasteiger partial charge in [0.2, 0.25) is 0 Å². The first-order valence-electron chi connectivity index (χ1n) is 5.35. The molecule has 86 valence electrons.